The third-order valence-electron chi connectivity index (χ3n) is 3.13. The molecule has 0 spiro atoms. The van der Waals surface area contributed by atoms with Crippen LogP contribution in [0.1, 0.15) is 10.5 Å². The van der Waals surface area contributed by atoms with E-state index in [9.17, 15) is 13.6 Å². The molecular formula is C17H12F2N4O. The standard InChI is InChI=1S/C17H12F2N4O/c18-11-5-1-3-7-13(11)21-16(24)15-9-10-20-17(23-15)22-14-8-4-2-6-12(14)19/h1-10H,(H,21,24)(H,20,22,23). The molecule has 1 aromatic heterocycles. The first-order valence-corrected chi connectivity index (χ1v) is 7.04. The Bertz CT molecular complexity index is 886. The van der Waals surface area contributed by atoms with Gasteiger partial charge in [-0.1, -0.05) is 24.3 Å². The van der Waals surface area contributed by atoms with Gasteiger partial charge in [0.25, 0.3) is 5.91 Å². The average molecular weight is 326 g/mol. The first-order chi connectivity index (χ1) is 11.6. The van der Waals surface area contributed by atoms with Gasteiger partial charge in [-0.2, -0.15) is 0 Å². The van der Waals surface area contributed by atoms with Crippen molar-refractivity contribution in [1.29, 1.82) is 0 Å². The Morgan fingerprint density at radius 2 is 1.50 bits per heavy atom. The second-order valence-electron chi connectivity index (χ2n) is 4.80. The molecule has 0 radical (unpaired) electrons. The van der Waals surface area contributed by atoms with Gasteiger partial charge in [-0.25, -0.2) is 18.7 Å². The Balaban J connectivity index is 1.79. The summed E-state index contributed by atoms with van der Waals surface area (Å²) in [7, 11) is 0. The molecule has 7 heteroatoms. The van der Waals surface area contributed by atoms with Gasteiger partial charge in [-0.05, 0) is 30.3 Å². The van der Waals surface area contributed by atoms with Crippen LogP contribution in [0.2, 0.25) is 0 Å². The van der Waals surface area contributed by atoms with Crippen LogP contribution in [0.4, 0.5) is 26.1 Å². The van der Waals surface area contributed by atoms with Gasteiger partial charge < -0.3 is 10.6 Å². The number of aromatic nitrogens is 2. The molecule has 0 unspecified atom stereocenters. The van der Waals surface area contributed by atoms with Gasteiger partial charge in [0.1, 0.15) is 17.3 Å². The number of carbonyl (C=O) groups excluding carboxylic acids is 1. The molecule has 120 valence electrons. The van der Waals surface area contributed by atoms with Crippen molar-refractivity contribution in [1.82, 2.24) is 9.97 Å². The van der Waals surface area contributed by atoms with Crippen molar-refractivity contribution >= 4 is 23.2 Å². The van der Waals surface area contributed by atoms with Crippen LogP contribution in [-0.4, -0.2) is 15.9 Å². The third-order valence-corrected chi connectivity index (χ3v) is 3.13. The number of benzene rings is 2. The number of anilines is 3. The number of nitrogens with one attached hydrogen (secondary N) is 2. The molecule has 0 saturated heterocycles. The van der Waals surface area contributed by atoms with Crippen LogP contribution >= 0.6 is 0 Å². The molecule has 2 N–H and O–H groups in total. The van der Waals surface area contributed by atoms with E-state index in [1.807, 2.05) is 0 Å². The Labute approximate surface area is 136 Å². The van der Waals surface area contributed by atoms with E-state index in [-0.39, 0.29) is 23.0 Å². The molecule has 0 aliphatic heterocycles. The van der Waals surface area contributed by atoms with E-state index < -0.39 is 17.5 Å². The molecule has 24 heavy (non-hydrogen) atoms. The molecule has 3 rings (SSSR count). The highest BCUT2D eigenvalue weighted by Gasteiger charge is 2.12. The second-order valence-corrected chi connectivity index (χ2v) is 4.80. The summed E-state index contributed by atoms with van der Waals surface area (Å²) in [6.45, 7) is 0. The van der Waals surface area contributed by atoms with Crippen molar-refractivity contribution in [3.63, 3.8) is 0 Å². The van der Waals surface area contributed by atoms with E-state index >= 15 is 0 Å². The van der Waals surface area contributed by atoms with Crippen LogP contribution in [0.3, 0.4) is 0 Å². The molecule has 5 nitrogen and oxygen atoms in total. The van der Waals surface area contributed by atoms with Gasteiger partial charge in [0.05, 0.1) is 11.4 Å². The quantitative estimate of drug-likeness (QED) is 0.766. The lowest BCUT2D eigenvalue weighted by molar-refractivity contribution is 0.102. The van der Waals surface area contributed by atoms with Crippen molar-refractivity contribution < 1.29 is 13.6 Å². The minimum Gasteiger partial charge on any atom is -0.322 e. The van der Waals surface area contributed by atoms with Gasteiger partial charge in [0.2, 0.25) is 5.95 Å². The van der Waals surface area contributed by atoms with E-state index in [0.29, 0.717) is 0 Å². The van der Waals surface area contributed by atoms with E-state index in [4.69, 9.17) is 0 Å². The highest BCUT2D eigenvalue weighted by atomic mass is 19.1. The Morgan fingerprint density at radius 1 is 0.875 bits per heavy atom. The summed E-state index contributed by atoms with van der Waals surface area (Å²) in [6, 6.07) is 13.2. The molecule has 1 heterocycles. The zero-order valence-electron chi connectivity index (χ0n) is 12.3. The summed E-state index contributed by atoms with van der Waals surface area (Å²) in [5.41, 5.74) is 0.251. The number of halogens is 2. The van der Waals surface area contributed by atoms with Gasteiger partial charge in [0, 0.05) is 6.20 Å². The number of carbonyl (C=O) groups is 1. The van der Waals surface area contributed by atoms with Crippen LogP contribution < -0.4 is 10.6 Å². The molecule has 2 aromatic carbocycles. The van der Waals surface area contributed by atoms with Crippen LogP contribution in [-0.2, 0) is 0 Å². The van der Waals surface area contributed by atoms with Crippen molar-refractivity contribution in [2.24, 2.45) is 0 Å². The smallest absolute Gasteiger partial charge is 0.274 e. The maximum atomic E-state index is 13.6. The number of hydrogen-bond donors (Lipinski definition) is 2. The maximum Gasteiger partial charge on any atom is 0.274 e. The molecule has 0 aliphatic carbocycles. The van der Waals surface area contributed by atoms with E-state index in [1.54, 1.807) is 18.2 Å². The lowest BCUT2D eigenvalue weighted by Gasteiger charge is -2.08. The second kappa shape index (κ2) is 6.82. The largest absolute Gasteiger partial charge is 0.322 e. The Kier molecular flexibility index (Phi) is 4.42. The number of para-hydroxylation sites is 2. The van der Waals surface area contributed by atoms with E-state index in [0.717, 1.165) is 0 Å². The summed E-state index contributed by atoms with van der Waals surface area (Å²) in [5.74, 6) is -1.56. The van der Waals surface area contributed by atoms with Crippen LogP contribution in [0.15, 0.2) is 60.8 Å². The van der Waals surface area contributed by atoms with Gasteiger partial charge in [-0.15, -0.1) is 0 Å². The summed E-state index contributed by atoms with van der Waals surface area (Å²) in [6.07, 6.45) is 1.35. The fourth-order valence-corrected chi connectivity index (χ4v) is 1.98. The molecule has 3 aromatic rings. The molecule has 0 fully saturated rings. The molecule has 0 atom stereocenters. The predicted octanol–water partition coefficient (Wildman–Crippen LogP) is 3.75. The number of hydrogen-bond acceptors (Lipinski definition) is 4. The zero-order valence-corrected chi connectivity index (χ0v) is 12.3. The summed E-state index contributed by atoms with van der Waals surface area (Å²) in [4.78, 5) is 20.1. The fraction of sp³-hybridized carbons (Fsp3) is 0. The van der Waals surface area contributed by atoms with Crippen molar-refractivity contribution in [3.8, 4) is 0 Å². The Morgan fingerprint density at radius 3 is 2.17 bits per heavy atom. The van der Waals surface area contributed by atoms with Gasteiger partial charge in [-0.3, -0.25) is 4.79 Å². The first-order valence-electron chi connectivity index (χ1n) is 7.04. The molecular weight excluding hydrogens is 314 g/mol. The highest BCUT2D eigenvalue weighted by Crippen LogP contribution is 2.17. The summed E-state index contributed by atoms with van der Waals surface area (Å²) >= 11 is 0. The fourth-order valence-electron chi connectivity index (χ4n) is 1.98. The van der Waals surface area contributed by atoms with Crippen molar-refractivity contribution in [2.75, 3.05) is 10.6 Å². The maximum absolute atomic E-state index is 13.6. The van der Waals surface area contributed by atoms with Gasteiger partial charge in [0.15, 0.2) is 0 Å². The minimum absolute atomic E-state index is 0.0205. The Hall–Kier alpha value is -3.35. The third kappa shape index (κ3) is 3.52. The van der Waals surface area contributed by atoms with Crippen molar-refractivity contribution in [3.05, 3.63) is 78.1 Å². The zero-order chi connectivity index (χ0) is 16.9. The first kappa shape index (κ1) is 15.5. The molecule has 0 saturated carbocycles. The molecule has 1 amide bonds. The number of amides is 1. The van der Waals surface area contributed by atoms with Crippen molar-refractivity contribution in [2.45, 2.75) is 0 Å². The van der Waals surface area contributed by atoms with Crippen LogP contribution in [0.25, 0.3) is 0 Å². The topological polar surface area (TPSA) is 66.9 Å². The molecule has 0 bridgehead atoms. The van der Waals surface area contributed by atoms with Gasteiger partial charge >= 0.3 is 0 Å². The predicted molar refractivity (Wildman–Crippen MR) is 86.1 cm³/mol. The number of rotatable bonds is 4. The summed E-state index contributed by atoms with van der Waals surface area (Å²) in [5, 5.41) is 5.11. The van der Waals surface area contributed by atoms with Crippen LogP contribution in [0.5, 0.6) is 0 Å². The lowest BCUT2D eigenvalue weighted by atomic mass is 10.3. The number of nitrogens with zero attached hydrogens (tertiary/aromatic N) is 2. The summed E-state index contributed by atoms with van der Waals surface area (Å²) < 4.78 is 27.2. The highest BCUT2D eigenvalue weighted by molar-refractivity contribution is 6.03. The average Bonchev–Trinajstić information content (AvgIpc) is 2.59. The van der Waals surface area contributed by atoms with Crippen LogP contribution in [0, 0.1) is 11.6 Å². The SMILES string of the molecule is O=C(Nc1ccccc1F)c1ccnc(Nc2ccccc2F)n1. The lowest BCUT2D eigenvalue weighted by Crippen LogP contribution is -2.15. The normalized spacial score (nSPS) is 10.2. The monoisotopic (exact) mass is 326 g/mol. The molecule has 0 aliphatic rings. The minimum atomic E-state index is -0.598. The van der Waals surface area contributed by atoms with E-state index in [1.165, 1.54) is 42.6 Å². The van der Waals surface area contributed by atoms with E-state index in [2.05, 4.69) is 20.6 Å².